The summed E-state index contributed by atoms with van der Waals surface area (Å²) in [7, 11) is 0. The van der Waals surface area contributed by atoms with Crippen LogP contribution in [0.2, 0.25) is 5.02 Å². The van der Waals surface area contributed by atoms with Gasteiger partial charge in [-0.05, 0) is 19.1 Å². The van der Waals surface area contributed by atoms with E-state index in [9.17, 15) is 18.0 Å². The summed E-state index contributed by atoms with van der Waals surface area (Å²) >= 11 is 5.93. The molecule has 1 aromatic carbocycles. The van der Waals surface area contributed by atoms with Gasteiger partial charge in [-0.3, -0.25) is 9.89 Å². The van der Waals surface area contributed by atoms with Gasteiger partial charge in [0, 0.05) is 18.5 Å². The lowest BCUT2D eigenvalue weighted by Gasteiger charge is -2.35. The highest BCUT2D eigenvalue weighted by atomic mass is 35.5. The molecule has 0 saturated heterocycles. The number of nitrogens with zero attached hydrogens (tertiary/aromatic N) is 3. The molecule has 1 aromatic heterocycles. The van der Waals surface area contributed by atoms with Gasteiger partial charge >= 0.3 is 6.18 Å². The van der Waals surface area contributed by atoms with Gasteiger partial charge in [0.15, 0.2) is 0 Å². The molecule has 1 atom stereocenters. The Morgan fingerprint density at radius 1 is 1.32 bits per heavy atom. The van der Waals surface area contributed by atoms with E-state index in [0.29, 0.717) is 6.42 Å². The molecule has 0 saturated carbocycles. The number of carbonyl (C=O) groups is 1. The highest BCUT2D eigenvalue weighted by Gasteiger charge is 2.38. The zero-order chi connectivity index (χ0) is 20.1. The van der Waals surface area contributed by atoms with Gasteiger partial charge < -0.3 is 10.3 Å². The Hall–Kier alpha value is -2.72. The van der Waals surface area contributed by atoms with E-state index in [-0.39, 0.29) is 18.2 Å². The van der Waals surface area contributed by atoms with Crippen LogP contribution in [0.25, 0.3) is 0 Å². The van der Waals surface area contributed by atoms with E-state index in [1.807, 2.05) is 6.92 Å². The number of amides is 1. The van der Waals surface area contributed by atoms with E-state index in [2.05, 4.69) is 21.2 Å². The summed E-state index contributed by atoms with van der Waals surface area (Å²) in [4.78, 5) is 14.5. The summed E-state index contributed by atoms with van der Waals surface area (Å²) in [6.45, 7) is 2.05. The molecular weight excluding hydrogens is 397 g/mol. The number of hydrogen-bond acceptors (Lipinski definition) is 5. The van der Waals surface area contributed by atoms with Crippen LogP contribution in [0.3, 0.4) is 0 Å². The summed E-state index contributed by atoms with van der Waals surface area (Å²) in [5.41, 5.74) is 6.49. The number of H-pyrrole nitrogens is 1. The second-order valence-corrected chi connectivity index (χ2v) is 6.97. The van der Waals surface area contributed by atoms with Gasteiger partial charge in [0.2, 0.25) is 0 Å². The molecule has 0 aliphatic carbocycles. The van der Waals surface area contributed by atoms with E-state index < -0.39 is 22.7 Å². The van der Waals surface area contributed by atoms with Crippen LogP contribution >= 0.6 is 11.6 Å². The monoisotopic (exact) mass is 412 g/mol. The summed E-state index contributed by atoms with van der Waals surface area (Å²) in [6, 6.07) is 4.91. The number of carbonyl (C=O) groups excluding carboxylic acids is 1. The average Bonchev–Trinajstić information content (AvgIpc) is 3.28. The second-order valence-electron chi connectivity index (χ2n) is 6.59. The molecule has 28 heavy (non-hydrogen) atoms. The third-order valence-electron chi connectivity index (χ3n) is 4.81. The van der Waals surface area contributed by atoms with Gasteiger partial charge in [-0.2, -0.15) is 18.3 Å². The zero-order valence-corrected chi connectivity index (χ0v) is 15.4. The second kappa shape index (κ2) is 6.71. The minimum Gasteiger partial charge on any atom is -0.330 e. The number of halogens is 4. The van der Waals surface area contributed by atoms with Crippen LogP contribution < -0.4 is 16.0 Å². The fourth-order valence-electron chi connectivity index (χ4n) is 3.38. The van der Waals surface area contributed by atoms with Crippen LogP contribution in [0.5, 0.6) is 0 Å². The molecule has 3 heterocycles. The van der Waals surface area contributed by atoms with Crippen LogP contribution in [0.4, 0.5) is 19.0 Å². The van der Waals surface area contributed by atoms with Crippen molar-refractivity contribution in [1.29, 1.82) is 0 Å². The normalized spacial score (nSPS) is 19.7. The lowest BCUT2D eigenvalue weighted by atomic mass is 10.0. The van der Waals surface area contributed by atoms with Crippen LogP contribution in [-0.2, 0) is 6.18 Å². The molecule has 7 nitrogen and oxygen atoms in total. The first-order chi connectivity index (χ1) is 13.3. The average molecular weight is 413 g/mol. The third kappa shape index (κ3) is 3.08. The van der Waals surface area contributed by atoms with Gasteiger partial charge in [0.05, 0.1) is 40.3 Å². The molecule has 0 spiro atoms. The zero-order valence-electron chi connectivity index (χ0n) is 14.6. The van der Waals surface area contributed by atoms with Gasteiger partial charge in [0.25, 0.3) is 5.91 Å². The maximum Gasteiger partial charge on any atom is 0.417 e. The number of alkyl halides is 3. The fourth-order valence-corrected chi connectivity index (χ4v) is 3.69. The molecule has 0 bridgehead atoms. The van der Waals surface area contributed by atoms with Crippen molar-refractivity contribution in [3.63, 3.8) is 0 Å². The first-order valence-corrected chi connectivity index (χ1v) is 8.85. The van der Waals surface area contributed by atoms with Crippen LogP contribution in [-0.4, -0.2) is 33.6 Å². The highest BCUT2D eigenvalue weighted by molar-refractivity contribution is 6.34. The van der Waals surface area contributed by atoms with Gasteiger partial charge in [-0.15, -0.1) is 5.53 Å². The minimum absolute atomic E-state index is 0.163. The molecule has 2 aliphatic heterocycles. The highest BCUT2D eigenvalue weighted by Crippen LogP contribution is 2.37. The molecule has 2 aliphatic rings. The van der Waals surface area contributed by atoms with Crippen LogP contribution in [0.15, 0.2) is 41.9 Å². The number of hydrazine groups is 2. The van der Waals surface area contributed by atoms with Gasteiger partial charge in [-0.1, -0.05) is 17.7 Å². The summed E-state index contributed by atoms with van der Waals surface area (Å²) < 4.78 is 39.3. The Labute approximate surface area is 163 Å². The lowest BCUT2D eigenvalue weighted by Crippen LogP contribution is -2.44. The Kier molecular flexibility index (Phi) is 4.47. The predicted octanol–water partition coefficient (Wildman–Crippen LogP) is 3.06. The van der Waals surface area contributed by atoms with Crippen molar-refractivity contribution in [2.24, 2.45) is 0 Å². The van der Waals surface area contributed by atoms with E-state index in [4.69, 9.17) is 11.6 Å². The Morgan fingerprint density at radius 3 is 2.79 bits per heavy atom. The van der Waals surface area contributed by atoms with Crippen LogP contribution in [0.1, 0.15) is 29.3 Å². The largest absolute Gasteiger partial charge is 0.417 e. The maximum atomic E-state index is 13.1. The van der Waals surface area contributed by atoms with Crippen molar-refractivity contribution in [3.05, 3.63) is 58.0 Å². The number of aromatic nitrogens is 2. The summed E-state index contributed by atoms with van der Waals surface area (Å²) in [5.74, 6) is 0.183. The van der Waals surface area contributed by atoms with Gasteiger partial charge in [-0.25, -0.2) is 5.01 Å². The van der Waals surface area contributed by atoms with Crippen molar-refractivity contribution in [2.45, 2.75) is 25.6 Å². The van der Waals surface area contributed by atoms with Crippen LogP contribution in [0, 0.1) is 0 Å². The molecule has 3 N–H and O–H groups in total. The Balaban J connectivity index is 1.62. The first-order valence-electron chi connectivity index (χ1n) is 8.47. The summed E-state index contributed by atoms with van der Waals surface area (Å²) in [5, 5.41) is 7.97. The quantitative estimate of drug-likeness (QED) is 0.707. The molecular formula is C17H16ClF3N6O. The first kappa shape index (κ1) is 18.6. The van der Waals surface area contributed by atoms with Crippen molar-refractivity contribution in [1.82, 2.24) is 26.1 Å². The maximum absolute atomic E-state index is 13.1. The molecule has 148 valence electrons. The number of anilines is 1. The molecule has 2 aromatic rings. The molecule has 0 fully saturated rings. The van der Waals surface area contributed by atoms with Crippen molar-refractivity contribution in [2.75, 3.05) is 11.6 Å². The standard InChI is InChI=1S/C17H16ClF3N6O/c1-9-7-13-12(23-25-27(13)14-5-6-22-24-14)8-26(9)16(28)10-3-2-4-11(15(10)18)17(19,20)21/h2-6,9,23,25H,7-8H2,1H3,(H,22,24). The van der Waals surface area contributed by atoms with Crippen molar-refractivity contribution >= 4 is 23.3 Å². The number of rotatable bonds is 2. The Bertz CT molecular complexity index is 943. The fraction of sp³-hybridized carbons (Fsp3) is 0.294. The lowest BCUT2D eigenvalue weighted by molar-refractivity contribution is -0.137. The van der Waals surface area contributed by atoms with E-state index in [1.165, 1.54) is 17.0 Å². The van der Waals surface area contributed by atoms with E-state index >= 15 is 0 Å². The number of aromatic amines is 1. The van der Waals surface area contributed by atoms with Gasteiger partial charge in [0.1, 0.15) is 5.82 Å². The SMILES string of the molecule is CC1CC2=C(CN1C(=O)c1cccc(C(F)(F)F)c1Cl)NNN2c1ccn[nH]1. The summed E-state index contributed by atoms with van der Waals surface area (Å²) in [6.07, 6.45) is -2.51. The molecule has 0 radical (unpaired) electrons. The number of benzene rings is 1. The smallest absolute Gasteiger partial charge is 0.330 e. The predicted molar refractivity (Wildman–Crippen MR) is 95.9 cm³/mol. The molecule has 1 unspecified atom stereocenters. The topological polar surface area (TPSA) is 76.3 Å². The molecule has 1 amide bonds. The van der Waals surface area contributed by atoms with E-state index in [0.717, 1.165) is 23.3 Å². The molecule has 11 heteroatoms. The Morgan fingerprint density at radius 2 is 2.11 bits per heavy atom. The molecule has 4 rings (SSSR count). The van der Waals surface area contributed by atoms with E-state index in [1.54, 1.807) is 17.3 Å². The number of nitrogens with one attached hydrogen (secondary N) is 3. The minimum atomic E-state index is -4.63. The van der Waals surface area contributed by atoms with Crippen molar-refractivity contribution < 1.29 is 18.0 Å². The van der Waals surface area contributed by atoms with Crippen molar-refractivity contribution in [3.8, 4) is 0 Å². The third-order valence-corrected chi connectivity index (χ3v) is 5.22. The number of hydrogen-bond donors (Lipinski definition) is 3.